The van der Waals surface area contributed by atoms with Gasteiger partial charge in [-0.15, -0.1) is 0 Å². The molecule has 1 atom stereocenters. The Labute approximate surface area is 369 Å². The van der Waals surface area contributed by atoms with Crippen LogP contribution in [0.3, 0.4) is 0 Å². The van der Waals surface area contributed by atoms with Crippen molar-refractivity contribution in [3.05, 3.63) is 85.1 Å². The van der Waals surface area contributed by atoms with E-state index in [0.717, 1.165) is 77.0 Å². The summed E-state index contributed by atoms with van der Waals surface area (Å²) in [6.07, 6.45) is 61.6. The molecule has 6 nitrogen and oxygen atoms in total. The number of carbonyl (C=O) groups excluding carboxylic acids is 3. The smallest absolute Gasteiger partial charge is 0.306 e. The molecule has 0 aromatic heterocycles. The van der Waals surface area contributed by atoms with Crippen molar-refractivity contribution in [2.75, 3.05) is 13.2 Å². The maximum atomic E-state index is 12.7. The van der Waals surface area contributed by atoms with E-state index in [2.05, 4.69) is 106 Å². The summed E-state index contributed by atoms with van der Waals surface area (Å²) in [6.45, 7) is 6.30. The van der Waals surface area contributed by atoms with E-state index >= 15 is 0 Å². The fourth-order valence-corrected chi connectivity index (χ4v) is 6.47. The Kier molecular flexibility index (Phi) is 45.5. The monoisotopic (exact) mass is 835 g/mol. The van der Waals surface area contributed by atoms with Crippen LogP contribution in [0.4, 0.5) is 0 Å². The second kappa shape index (κ2) is 48.3. The van der Waals surface area contributed by atoms with Gasteiger partial charge in [0.15, 0.2) is 6.10 Å². The van der Waals surface area contributed by atoms with Gasteiger partial charge in [-0.3, -0.25) is 14.4 Å². The summed E-state index contributed by atoms with van der Waals surface area (Å²) in [6, 6.07) is 0. The third-order valence-corrected chi connectivity index (χ3v) is 10.1. The largest absolute Gasteiger partial charge is 0.462 e. The van der Waals surface area contributed by atoms with E-state index in [1.54, 1.807) is 0 Å². The van der Waals surface area contributed by atoms with Crippen LogP contribution in [-0.4, -0.2) is 37.2 Å². The topological polar surface area (TPSA) is 78.9 Å². The number of hydrogen-bond acceptors (Lipinski definition) is 6. The summed E-state index contributed by atoms with van der Waals surface area (Å²) in [5, 5.41) is 0. The second-order valence-corrected chi connectivity index (χ2v) is 16.0. The number of esters is 3. The quantitative estimate of drug-likeness (QED) is 0.0263. The predicted octanol–water partition coefficient (Wildman–Crippen LogP) is 16.0. The molecular formula is C54H90O6. The molecule has 0 aliphatic rings. The van der Waals surface area contributed by atoms with Crippen molar-refractivity contribution in [1.29, 1.82) is 0 Å². The first-order valence-electron chi connectivity index (χ1n) is 24.6. The van der Waals surface area contributed by atoms with E-state index in [9.17, 15) is 14.4 Å². The highest BCUT2D eigenvalue weighted by molar-refractivity contribution is 5.71. The molecule has 0 N–H and O–H groups in total. The zero-order chi connectivity index (χ0) is 43.7. The molecule has 0 saturated carbocycles. The van der Waals surface area contributed by atoms with Gasteiger partial charge in [0.25, 0.3) is 0 Å². The highest BCUT2D eigenvalue weighted by atomic mass is 16.6. The zero-order valence-electron chi connectivity index (χ0n) is 38.9. The first-order valence-corrected chi connectivity index (χ1v) is 24.6. The highest BCUT2D eigenvalue weighted by Crippen LogP contribution is 2.13. The maximum absolute atomic E-state index is 12.7. The van der Waals surface area contributed by atoms with E-state index in [1.165, 1.54) is 89.9 Å². The molecule has 0 spiro atoms. The van der Waals surface area contributed by atoms with Gasteiger partial charge in [-0.2, -0.15) is 0 Å². The first kappa shape index (κ1) is 56.6. The number of allylic oxidation sites excluding steroid dienone is 14. The molecule has 0 aliphatic carbocycles. The minimum atomic E-state index is -0.817. The lowest BCUT2D eigenvalue weighted by Gasteiger charge is -2.18. The second-order valence-electron chi connectivity index (χ2n) is 16.0. The fourth-order valence-electron chi connectivity index (χ4n) is 6.47. The van der Waals surface area contributed by atoms with Crippen LogP contribution in [0.1, 0.15) is 220 Å². The average Bonchev–Trinajstić information content (AvgIpc) is 3.24. The number of ether oxygens (including phenoxy) is 3. The van der Waals surface area contributed by atoms with Crippen LogP contribution in [0.5, 0.6) is 0 Å². The summed E-state index contributed by atoms with van der Waals surface area (Å²) in [5.41, 5.74) is 0. The van der Waals surface area contributed by atoms with Gasteiger partial charge in [0, 0.05) is 19.3 Å². The maximum Gasteiger partial charge on any atom is 0.306 e. The van der Waals surface area contributed by atoms with E-state index in [4.69, 9.17) is 14.2 Å². The predicted molar refractivity (Wildman–Crippen MR) is 256 cm³/mol. The SMILES string of the molecule is CC/C=C\C/C=C\C/C=C\CCCCC(=O)OC(COC(=O)CCC/C=C\C/C=C\C/C=C\CC)COC(=O)CCCCCCCCC/C=C\CCCCCCCCCC. The molecule has 0 aromatic rings. The Hall–Kier alpha value is -3.41. The first-order chi connectivity index (χ1) is 29.5. The van der Waals surface area contributed by atoms with Gasteiger partial charge in [0.1, 0.15) is 13.2 Å². The molecule has 0 fully saturated rings. The Balaban J connectivity index is 4.41. The van der Waals surface area contributed by atoms with Gasteiger partial charge in [0.2, 0.25) is 0 Å². The van der Waals surface area contributed by atoms with Crippen molar-refractivity contribution >= 4 is 17.9 Å². The van der Waals surface area contributed by atoms with Gasteiger partial charge in [-0.1, -0.05) is 183 Å². The third-order valence-electron chi connectivity index (χ3n) is 10.1. The van der Waals surface area contributed by atoms with Crippen molar-refractivity contribution in [3.8, 4) is 0 Å². The van der Waals surface area contributed by atoms with Gasteiger partial charge in [-0.25, -0.2) is 0 Å². The lowest BCUT2D eigenvalue weighted by Crippen LogP contribution is -2.30. The van der Waals surface area contributed by atoms with Crippen molar-refractivity contribution in [2.24, 2.45) is 0 Å². The van der Waals surface area contributed by atoms with E-state index in [0.29, 0.717) is 19.3 Å². The van der Waals surface area contributed by atoms with Gasteiger partial charge in [0.05, 0.1) is 0 Å². The van der Waals surface area contributed by atoms with Crippen molar-refractivity contribution in [2.45, 2.75) is 226 Å². The Morgan fingerprint density at radius 1 is 0.350 bits per heavy atom. The molecule has 0 rings (SSSR count). The molecule has 60 heavy (non-hydrogen) atoms. The minimum absolute atomic E-state index is 0.111. The highest BCUT2D eigenvalue weighted by Gasteiger charge is 2.19. The molecule has 1 unspecified atom stereocenters. The molecule has 0 radical (unpaired) electrons. The summed E-state index contributed by atoms with van der Waals surface area (Å²) in [5.74, 6) is -1.02. The fraction of sp³-hybridized carbons (Fsp3) is 0.685. The molecule has 0 heterocycles. The van der Waals surface area contributed by atoms with Crippen molar-refractivity contribution < 1.29 is 28.6 Å². The van der Waals surface area contributed by atoms with E-state index in [-0.39, 0.29) is 44.0 Å². The van der Waals surface area contributed by atoms with Crippen LogP contribution < -0.4 is 0 Å². The minimum Gasteiger partial charge on any atom is -0.462 e. The molecule has 0 saturated heterocycles. The van der Waals surface area contributed by atoms with Gasteiger partial charge in [-0.05, 0) is 103 Å². The van der Waals surface area contributed by atoms with Crippen LogP contribution >= 0.6 is 0 Å². The average molecular weight is 835 g/mol. The van der Waals surface area contributed by atoms with Gasteiger partial charge >= 0.3 is 17.9 Å². The molecule has 6 heteroatoms. The van der Waals surface area contributed by atoms with Crippen LogP contribution in [0, 0.1) is 0 Å². The molecular weight excluding hydrogens is 745 g/mol. The Morgan fingerprint density at radius 3 is 1.13 bits per heavy atom. The molecule has 0 amide bonds. The van der Waals surface area contributed by atoms with Crippen molar-refractivity contribution in [1.82, 2.24) is 0 Å². The summed E-state index contributed by atoms with van der Waals surface area (Å²) in [7, 11) is 0. The Morgan fingerprint density at radius 2 is 0.667 bits per heavy atom. The molecule has 0 bridgehead atoms. The number of rotatable bonds is 43. The molecule has 0 aromatic carbocycles. The number of hydrogen-bond donors (Lipinski definition) is 0. The zero-order valence-corrected chi connectivity index (χ0v) is 38.9. The summed E-state index contributed by atoms with van der Waals surface area (Å²) >= 11 is 0. The lowest BCUT2D eigenvalue weighted by molar-refractivity contribution is -0.167. The van der Waals surface area contributed by atoms with Gasteiger partial charge < -0.3 is 14.2 Å². The number of unbranched alkanes of at least 4 members (excludes halogenated alkanes) is 18. The normalized spacial score (nSPS) is 12.8. The van der Waals surface area contributed by atoms with Crippen LogP contribution in [0.15, 0.2) is 85.1 Å². The molecule has 0 aliphatic heterocycles. The summed E-state index contributed by atoms with van der Waals surface area (Å²) in [4.78, 5) is 37.8. The summed E-state index contributed by atoms with van der Waals surface area (Å²) < 4.78 is 16.6. The third kappa shape index (κ3) is 45.7. The lowest BCUT2D eigenvalue weighted by atomic mass is 10.1. The van der Waals surface area contributed by atoms with Crippen molar-refractivity contribution in [3.63, 3.8) is 0 Å². The standard InChI is InChI=1S/C54H90O6/c1-4-7-10-13-16-19-22-24-25-26-27-28-29-30-33-35-38-41-44-47-53(56)59-50-51(49-58-52(55)46-43-40-37-34-31-21-18-15-12-9-6-3)60-54(57)48-45-42-39-36-32-23-20-17-14-11-8-5-2/h8-9,11-12,17-18,20-21,26-27,32,34,36-37,51H,4-7,10,13-16,19,22-25,28-31,33,35,38-50H2,1-3H3/b11-8-,12-9-,20-17-,21-18-,27-26-,36-32-,37-34-. The van der Waals surface area contributed by atoms with Crippen LogP contribution in [0.25, 0.3) is 0 Å². The Bertz CT molecular complexity index is 1190. The van der Waals surface area contributed by atoms with E-state index in [1.807, 2.05) is 0 Å². The van der Waals surface area contributed by atoms with Crippen LogP contribution in [0.2, 0.25) is 0 Å². The molecule has 342 valence electrons. The number of carbonyl (C=O) groups is 3. The van der Waals surface area contributed by atoms with Crippen LogP contribution in [-0.2, 0) is 28.6 Å². The van der Waals surface area contributed by atoms with E-state index < -0.39 is 6.10 Å².